The van der Waals surface area contributed by atoms with Gasteiger partial charge in [0.1, 0.15) is 0 Å². The van der Waals surface area contributed by atoms with Crippen molar-refractivity contribution < 1.29 is 0 Å². The van der Waals surface area contributed by atoms with Crippen LogP contribution in [0.25, 0.3) is 0 Å². The van der Waals surface area contributed by atoms with Crippen molar-refractivity contribution >= 4 is 0 Å². The SMILES string of the molecule is C=C(C)CCN(C)CCC(C)C. The van der Waals surface area contributed by atoms with E-state index in [2.05, 4.69) is 39.3 Å². The van der Waals surface area contributed by atoms with Gasteiger partial charge in [-0.05, 0) is 39.3 Å². The lowest BCUT2D eigenvalue weighted by atomic mass is 10.1. The fourth-order valence-electron chi connectivity index (χ4n) is 0.972. The minimum absolute atomic E-state index is 0.817. The summed E-state index contributed by atoms with van der Waals surface area (Å²) in [6.07, 6.45) is 2.43. The molecule has 72 valence electrons. The second kappa shape index (κ2) is 6.24. The maximum atomic E-state index is 3.90. The average molecular weight is 169 g/mol. The van der Waals surface area contributed by atoms with Gasteiger partial charge in [-0.1, -0.05) is 19.4 Å². The minimum Gasteiger partial charge on any atom is -0.306 e. The molecular formula is C11H23N. The Bertz CT molecular complexity index is 127. The molecule has 0 aliphatic rings. The highest BCUT2D eigenvalue weighted by atomic mass is 15.1. The number of hydrogen-bond acceptors (Lipinski definition) is 1. The third-order valence-electron chi connectivity index (χ3n) is 2.01. The van der Waals surface area contributed by atoms with E-state index in [1.807, 2.05) is 0 Å². The predicted octanol–water partition coefficient (Wildman–Crippen LogP) is 2.93. The highest BCUT2D eigenvalue weighted by Crippen LogP contribution is 2.02. The van der Waals surface area contributed by atoms with E-state index in [0.29, 0.717) is 0 Å². The second-order valence-corrected chi connectivity index (χ2v) is 4.19. The molecule has 0 bridgehead atoms. The summed E-state index contributed by atoms with van der Waals surface area (Å²) in [5.74, 6) is 0.817. The molecule has 0 N–H and O–H groups in total. The van der Waals surface area contributed by atoms with Crippen LogP contribution in [0, 0.1) is 5.92 Å². The first-order valence-electron chi connectivity index (χ1n) is 4.85. The molecule has 0 heterocycles. The molecule has 0 amide bonds. The van der Waals surface area contributed by atoms with Crippen molar-refractivity contribution in [2.24, 2.45) is 5.92 Å². The maximum absolute atomic E-state index is 3.90. The summed E-state index contributed by atoms with van der Waals surface area (Å²) < 4.78 is 0. The molecule has 0 saturated carbocycles. The number of hydrogen-bond donors (Lipinski definition) is 0. The van der Waals surface area contributed by atoms with Gasteiger partial charge in [0.05, 0.1) is 0 Å². The van der Waals surface area contributed by atoms with Gasteiger partial charge in [-0.2, -0.15) is 0 Å². The number of nitrogens with zero attached hydrogens (tertiary/aromatic N) is 1. The first-order chi connectivity index (χ1) is 5.52. The van der Waals surface area contributed by atoms with Crippen LogP contribution < -0.4 is 0 Å². The van der Waals surface area contributed by atoms with E-state index >= 15 is 0 Å². The zero-order chi connectivity index (χ0) is 9.56. The zero-order valence-corrected chi connectivity index (χ0v) is 9.06. The molecule has 0 saturated heterocycles. The Hall–Kier alpha value is -0.300. The van der Waals surface area contributed by atoms with E-state index in [9.17, 15) is 0 Å². The van der Waals surface area contributed by atoms with Crippen molar-refractivity contribution in [2.75, 3.05) is 20.1 Å². The van der Waals surface area contributed by atoms with E-state index < -0.39 is 0 Å². The summed E-state index contributed by atoms with van der Waals surface area (Å²) in [5.41, 5.74) is 1.28. The third-order valence-corrected chi connectivity index (χ3v) is 2.01. The van der Waals surface area contributed by atoms with Gasteiger partial charge in [0.2, 0.25) is 0 Å². The molecule has 0 unspecified atom stereocenters. The van der Waals surface area contributed by atoms with Gasteiger partial charge in [-0.15, -0.1) is 6.58 Å². The fourth-order valence-corrected chi connectivity index (χ4v) is 0.972. The molecule has 0 aliphatic carbocycles. The van der Waals surface area contributed by atoms with Crippen LogP contribution in [0.1, 0.15) is 33.6 Å². The van der Waals surface area contributed by atoms with Crippen molar-refractivity contribution in [1.82, 2.24) is 4.90 Å². The Morgan fingerprint density at radius 3 is 2.33 bits per heavy atom. The molecule has 0 atom stereocenters. The fraction of sp³-hybridized carbons (Fsp3) is 0.818. The van der Waals surface area contributed by atoms with Gasteiger partial charge in [-0.3, -0.25) is 0 Å². The van der Waals surface area contributed by atoms with Crippen LogP contribution in [-0.4, -0.2) is 25.0 Å². The molecule has 0 aromatic carbocycles. The summed E-state index contributed by atoms with van der Waals surface area (Å²) in [4.78, 5) is 2.38. The van der Waals surface area contributed by atoms with Crippen molar-refractivity contribution in [2.45, 2.75) is 33.6 Å². The Morgan fingerprint density at radius 1 is 1.33 bits per heavy atom. The Labute approximate surface area is 77.5 Å². The lowest BCUT2D eigenvalue weighted by Gasteiger charge is -2.17. The van der Waals surface area contributed by atoms with Crippen LogP contribution in [0.2, 0.25) is 0 Å². The average Bonchev–Trinajstić information content (AvgIpc) is 1.96. The third kappa shape index (κ3) is 7.80. The quantitative estimate of drug-likeness (QED) is 0.553. The van der Waals surface area contributed by atoms with Crippen LogP contribution >= 0.6 is 0 Å². The Morgan fingerprint density at radius 2 is 1.92 bits per heavy atom. The second-order valence-electron chi connectivity index (χ2n) is 4.19. The molecule has 0 aromatic rings. The van der Waals surface area contributed by atoms with Gasteiger partial charge < -0.3 is 4.90 Å². The summed E-state index contributed by atoms with van der Waals surface area (Å²) in [7, 11) is 2.19. The molecule has 1 nitrogen and oxygen atoms in total. The summed E-state index contributed by atoms with van der Waals surface area (Å²) in [6, 6.07) is 0. The monoisotopic (exact) mass is 169 g/mol. The van der Waals surface area contributed by atoms with Crippen molar-refractivity contribution in [3.05, 3.63) is 12.2 Å². The van der Waals surface area contributed by atoms with E-state index in [4.69, 9.17) is 0 Å². The van der Waals surface area contributed by atoms with Crippen LogP contribution in [0.3, 0.4) is 0 Å². The summed E-state index contributed by atoms with van der Waals surface area (Å²) in [6.45, 7) is 12.9. The molecule has 0 aliphatic heterocycles. The molecule has 0 radical (unpaired) electrons. The molecule has 1 heteroatoms. The van der Waals surface area contributed by atoms with Gasteiger partial charge in [0.25, 0.3) is 0 Å². The lowest BCUT2D eigenvalue weighted by molar-refractivity contribution is 0.314. The smallest absolute Gasteiger partial charge is 0.00153 e. The largest absolute Gasteiger partial charge is 0.306 e. The van der Waals surface area contributed by atoms with Gasteiger partial charge >= 0.3 is 0 Å². The molecule has 0 rings (SSSR count). The molecule has 12 heavy (non-hydrogen) atoms. The van der Waals surface area contributed by atoms with Crippen LogP contribution in [0.15, 0.2) is 12.2 Å². The van der Waals surface area contributed by atoms with Gasteiger partial charge in [0, 0.05) is 6.54 Å². The molecular weight excluding hydrogens is 146 g/mol. The van der Waals surface area contributed by atoms with Crippen LogP contribution in [-0.2, 0) is 0 Å². The first kappa shape index (κ1) is 11.7. The van der Waals surface area contributed by atoms with Gasteiger partial charge in [-0.25, -0.2) is 0 Å². The lowest BCUT2D eigenvalue weighted by Crippen LogP contribution is -2.22. The van der Waals surface area contributed by atoms with Crippen molar-refractivity contribution in [3.63, 3.8) is 0 Å². The van der Waals surface area contributed by atoms with Crippen molar-refractivity contribution in [1.29, 1.82) is 0 Å². The minimum atomic E-state index is 0.817. The van der Waals surface area contributed by atoms with E-state index in [-0.39, 0.29) is 0 Å². The van der Waals surface area contributed by atoms with E-state index in [1.165, 1.54) is 18.5 Å². The van der Waals surface area contributed by atoms with E-state index in [1.54, 1.807) is 0 Å². The molecule has 0 aromatic heterocycles. The molecule has 0 spiro atoms. The highest BCUT2D eigenvalue weighted by Gasteiger charge is 1.99. The van der Waals surface area contributed by atoms with E-state index in [0.717, 1.165) is 18.9 Å². The van der Waals surface area contributed by atoms with Crippen molar-refractivity contribution in [3.8, 4) is 0 Å². The predicted molar refractivity (Wildman–Crippen MR) is 56.4 cm³/mol. The van der Waals surface area contributed by atoms with Crippen LogP contribution in [0.4, 0.5) is 0 Å². The van der Waals surface area contributed by atoms with Gasteiger partial charge in [0.15, 0.2) is 0 Å². The Kier molecular flexibility index (Phi) is 6.09. The molecule has 0 fully saturated rings. The summed E-state index contributed by atoms with van der Waals surface area (Å²) >= 11 is 0. The van der Waals surface area contributed by atoms with Crippen LogP contribution in [0.5, 0.6) is 0 Å². The standard InChI is InChI=1S/C11H23N/c1-10(2)6-8-12(5)9-7-11(3)4/h11H,1,6-9H2,2-5H3. The maximum Gasteiger partial charge on any atom is 0.00153 e. The zero-order valence-electron chi connectivity index (χ0n) is 9.06. The Balaban J connectivity index is 3.33. The number of rotatable bonds is 6. The topological polar surface area (TPSA) is 3.24 Å². The highest BCUT2D eigenvalue weighted by molar-refractivity contribution is 4.88. The normalized spacial score (nSPS) is 11.2. The summed E-state index contributed by atoms with van der Waals surface area (Å²) in [5, 5.41) is 0. The first-order valence-corrected chi connectivity index (χ1v) is 4.85.